The summed E-state index contributed by atoms with van der Waals surface area (Å²) >= 11 is 0. The zero-order valence-corrected chi connectivity index (χ0v) is 11.1. The molecule has 0 bridgehead atoms. The van der Waals surface area contributed by atoms with Gasteiger partial charge in [0.25, 0.3) is 5.69 Å². The molecular weight excluding hydrogens is 264 g/mol. The minimum atomic E-state index is -0.399. The number of rotatable bonds is 3. The number of nitrogens with zero attached hydrogens (tertiary/aromatic N) is 2. The Labute approximate surface area is 121 Å². The van der Waals surface area contributed by atoms with E-state index in [0.29, 0.717) is 5.56 Å². The largest absolute Gasteiger partial charge is 0.295 e. The maximum Gasteiger partial charge on any atom is 0.295 e. The first kappa shape index (κ1) is 13.0. The van der Waals surface area contributed by atoms with Crippen molar-refractivity contribution in [2.75, 3.05) is 0 Å². The maximum atomic E-state index is 11.2. The van der Waals surface area contributed by atoms with E-state index in [2.05, 4.69) is 4.98 Å². The van der Waals surface area contributed by atoms with E-state index < -0.39 is 4.92 Å². The van der Waals surface area contributed by atoms with Gasteiger partial charge in [-0.3, -0.25) is 10.1 Å². The van der Waals surface area contributed by atoms with E-state index in [1.54, 1.807) is 6.08 Å². The van der Waals surface area contributed by atoms with E-state index in [0.717, 1.165) is 16.5 Å². The molecule has 0 saturated heterocycles. The summed E-state index contributed by atoms with van der Waals surface area (Å²) in [4.78, 5) is 15.0. The molecule has 3 aromatic rings. The topological polar surface area (TPSA) is 56.0 Å². The molecular formula is C17H12N2O2. The second-order valence-corrected chi connectivity index (χ2v) is 4.58. The first-order valence-corrected chi connectivity index (χ1v) is 6.51. The van der Waals surface area contributed by atoms with E-state index in [-0.39, 0.29) is 5.69 Å². The van der Waals surface area contributed by atoms with Crippen molar-refractivity contribution in [1.82, 2.24) is 4.98 Å². The van der Waals surface area contributed by atoms with Crippen molar-refractivity contribution < 1.29 is 4.92 Å². The Morgan fingerprint density at radius 2 is 1.67 bits per heavy atom. The van der Waals surface area contributed by atoms with Crippen LogP contribution in [0.15, 0.2) is 60.8 Å². The summed E-state index contributed by atoms with van der Waals surface area (Å²) < 4.78 is 0. The molecule has 4 heteroatoms. The predicted octanol–water partition coefficient (Wildman–Crippen LogP) is 4.31. The highest BCUT2D eigenvalue weighted by molar-refractivity contribution is 5.94. The first-order valence-electron chi connectivity index (χ1n) is 6.51. The molecule has 0 aliphatic heterocycles. The third-order valence-corrected chi connectivity index (χ3v) is 3.23. The second-order valence-electron chi connectivity index (χ2n) is 4.58. The molecule has 0 saturated carbocycles. The number of para-hydroxylation sites is 1. The minimum absolute atomic E-state index is 0.0147. The molecule has 0 atom stereocenters. The van der Waals surface area contributed by atoms with Crippen LogP contribution in [0, 0.1) is 10.1 Å². The third kappa shape index (κ3) is 2.65. The molecule has 2 aromatic carbocycles. The zero-order chi connectivity index (χ0) is 14.7. The van der Waals surface area contributed by atoms with Crippen LogP contribution in [-0.4, -0.2) is 9.91 Å². The molecule has 0 radical (unpaired) electrons. The van der Waals surface area contributed by atoms with E-state index >= 15 is 0 Å². The highest BCUT2D eigenvalue weighted by Crippen LogP contribution is 2.27. The lowest BCUT2D eigenvalue weighted by atomic mass is 10.1. The van der Waals surface area contributed by atoms with Crippen molar-refractivity contribution in [1.29, 1.82) is 0 Å². The molecule has 3 rings (SSSR count). The lowest BCUT2D eigenvalue weighted by Gasteiger charge is -2.03. The van der Waals surface area contributed by atoms with Crippen LogP contribution in [0.25, 0.3) is 23.1 Å². The van der Waals surface area contributed by atoms with Gasteiger partial charge in [0.05, 0.1) is 16.0 Å². The lowest BCUT2D eigenvalue weighted by molar-refractivity contribution is -0.385. The highest BCUT2D eigenvalue weighted by Gasteiger charge is 2.15. The smallest absolute Gasteiger partial charge is 0.258 e. The molecule has 4 nitrogen and oxygen atoms in total. The zero-order valence-electron chi connectivity index (χ0n) is 11.1. The average Bonchev–Trinajstić information content (AvgIpc) is 2.53. The van der Waals surface area contributed by atoms with Gasteiger partial charge < -0.3 is 0 Å². The Hall–Kier alpha value is -3.01. The summed E-state index contributed by atoms with van der Waals surface area (Å²) in [6, 6.07) is 17.1. The Balaban J connectivity index is 2.17. The van der Waals surface area contributed by atoms with E-state index in [1.807, 2.05) is 60.7 Å². The lowest BCUT2D eigenvalue weighted by Crippen LogP contribution is -1.94. The first-order chi connectivity index (χ1) is 10.3. The van der Waals surface area contributed by atoms with Crippen molar-refractivity contribution in [3.05, 3.63) is 82.0 Å². The molecule has 21 heavy (non-hydrogen) atoms. The summed E-state index contributed by atoms with van der Waals surface area (Å²) in [5, 5.41) is 12.0. The van der Waals surface area contributed by atoms with Crippen LogP contribution in [0.3, 0.4) is 0 Å². The van der Waals surface area contributed by atoms with Gasteiger partial charge in [0, 0.05) is 5.39 Å². The van der Waals surface area contributed by atoms with E-state index in [9.17, 15) is 10.1 Å². The molecule has 0 aliphatic rings. The van der Waals surface area contributed by atoms with Crippen molar-refractivity contribution in [3.63, 3.8) is 0 Å². The average molecular weight is 276 g/mol. The van der Waals surface area contributed by atoms with Gasteiger partial charge in [-0.2, -0.15) is 0 Å². The Bertz CT molecular complexity index is 827. The van der Waals surface area contributed by atoms with Crippen molar-refractivity contribution in [3.8, 4) is 0 Å². The summed E-state index contributed by atoms with van der Waals surface area (Å²) in [5.74, 6) is 0. The van der Waals surface area contributed by atoms with Gasteiger partial charge in [-0.25, -0.2) is 4.98 Å². The number of fused-ring (bicyclic) bond motifs is 1. The Morgan fingerprint density at radius 1 is 0.952 bits per heavy atom. The fraction of sp³-hybridized carbons (Fsp3) is 0. The molecule has 0 spiro atoms. The Morgan fingerprint density at radius 3 is 2.43 bits per heavy atom. The van der Waals surface area contributed by atoms with Crippen LogP contribution in [0.5, 0.6) is 0 Å². The number of aromatic nitrogens is 1. The fourth-order valence-corrected chi connectivity index (χ4v) is 2.22. The van der Waals surface area contributed by atoms with Gasteiger partial charge in [-0.1, -0.05) is 54.6 Å². The van der Waals surface area contributed by atoms with Gasteiger partial charge >= 0.3 is 0 Å². The highest BCUT2D eigenvalue weighted by atomic mass is 16.6. The van der Waals surface area contributed by atoms with Gasteiger partial charge in [-0.05, 0) is 17.7 Å². The molecule has 0 amide bonds. The SMILES string of the molecule is O=[N+]([O-])c1cnc2ccccc2c1C=Cc1ccccc1. The second kappa shape index (κ2) is 5.54. The van der Waals surface area contributed by atoms with Gasteiger partial charge in [0.15, 0.2) is 0 Å². The molecule has 0 unspecified atom stereocenters. The van der Waals surface area contributed by atoms with Crippen LogP contribution in [0.1, 0.15) is 11.1 Å². The molecule has 0 fully saturated rings. The normalized spacial score (nSPS) is 11.0. The minimum Gasteiger partial charge on any atom is -0.258 e. The quantitative estimate of drug-likeness (QED) is 0.529. The van der Waals surface area contributed by atoms with Crippen molar-refractivity contribution in [2.24, 2.45) is 0 Å². The number of hydrogen-bond acceptors (Lipinski definition) is 3. The van der Waals surface area contributed by atoms with Gasteiger partial charge in [-0.15, -0.1) is 0 Å². The van der Waals surface area contributed by atoms with Crippen LogP contribution >= 0.6 is 0 Å². The Kier molecular flexibility index (Phi) is 3.43. The molecule has 0 N–H and O–H groups in total. The van der Waals surface area contributed by atoms with E-state index in [4.69, 9.17) is 0 Å². The molecule has 1 aromatic heterocycles. The summed E-state index contributed by atoms with van der Waals surface area (Å²) in [7, 11) is 0. The third-order valence-electron chi connectivity index (χ3n) is 3.23. The van der Waals surface area contributed by atoms with Crippen molar-refractivity contribution >= 4 is 28.7 Å². The van der Waals surface area contributed by atoms with E-state index in [1.165, 1.54) is 6.20 Å². The van der Waals surface area contributed by atoms with Gasteiger partial charge in [0.1, 0.15) is 6.20 Å². The van der Waals surface area contributed by atoms with Crippen LogP contribution in [-0.2, 0) is 0 Å². The summed E-state index contributed by atoms with van der Waals surface area (Å²) in [6.07, 6.45) is 4.96. The van der Waals surface area contributed by atoms with Crippen LogP contribution in [0.4, 0.5) is 5.69 Å². The maximum absolute atomic E-state index is 11.2. The molecule has 102 valence electrons. The van der Waals surface area contributed by atoms with Gasteiger partial charge in [0.2, 0.25) is 0 Å². The predicted molar refractivity (Wildman–Crippen MR) is 83.8 cm³/mol. The van der Waals surface area contributed by atoms with Crippen molar-refractivity contribution in [2.45, 2.75) is 0 Å². The fourth-order valence-electron chi connectivity index (χ4n) is 2.22. The number of nitro groups is 1. The number of benzene rings is 2. The summed E-state index contributed by atoms with van der Waals surface area (Å²) in [5.41, 5.74) is 2.33. The number of pyridine rings is 1. The molecule has 1 heterocycles. The standard InChI is InChI=1S/C17H12N2O2/c20-19(21)17-12-18-16-9-5-4-8-14(16)15(17)11-10-13-6-2-1-3-7-13/h1-12H. The van der Waals surface area contributed by atoms with Crippen LogP contribution in [0.2, 0.25) is 0 Å². The summed E-state index contributed by atoms with van der Waals surface area (Å²) in [6.45, 7) is 0. The molecule has 0 aliphatic carbocycles. The number of hydrogen-bond donors (Lipinski definition) is 0. The monoisotopic (exact) mass is 276 g/mol. The van der Waals surface area contributed by atoms with Crippen LogP contribution < -0.4 is 0 Å².